The van der Waals surface area contributed by atoms with E-state index in [-0.39, 0.29) is 29.5 Å². The molecule has 0 saturated carbocycles. The number of aryl methyl sites for hydroxylation is 2. The van der Waals surface area contributed by atoms with E-state index in [0.29, 0.717) is 22.3 Å². The highest BCUT2D eigenvalue weighted by molar-refractivity contribution is 5.83. The Morgan fingerprint density at radius 2 is 1.74 bits per heavy atom. The summed E-state index contributed by atoms with van der Waals surface area (Å²) in [6.45, 7) is 8.24. The first-order chi connectivity index (χ1) is 20.7. The first-order valence-electron chi connectivity index (χ1n) is 13.9. The second-order valence-corrected chi connectivity index (χ2v) is 10.6. The number of fused-ring (bicyclic) bond motifs is 1. The zero-order valence-electron chi connectivity index (χ0n) is 24.7. The monoisotopic (exact) mass is 576 g/mol. The standard InChI is InChI=1S/C34H32N4O5/c1-21(2)27-18-28(23(4)16-32(27)42-5)33-36-29-9-7-6-8-26(29)34(39)37(33)35-19-25-14-15-31(30(17-25)38(40)41)43-20-24-12-10-22(3)11-13-24/h6-19,21H,20H2,1-5H3. The highest BCUT2D eigenvalue weighted by Gasteiger charge is 2.19. The predicted octanol–water partition coefficient (Wildman–Crippen LogP) is 7.18. The van der Waals surface area contributed by atoms with Crippen LogP contribution in [0.2, 0.25) is 0 Å². The quantitative estimate of drug-likeness (QED) is 0.104. The Kier molecular flexibility index (Phi) is 8.34. The van der Waals surface area contributed by atoms with Gasteiger partial charge in [-0.05, 0) is 72.9 Å². The molecule has 0 bridgehead atoms. The molecule has 1 heterocycles. The molecule has 4 aromatic carbocycles. The molecule has 0 atom stereocenters. The van der Waals surface area contributed by atoms with Crippen molar-refractivity contribution >= 4 is 22.8 Å². The lowest BCUT2D eigenvalue weighted by molar-refractivity contribution is -0.385. The van der Waals surface area contributed by atoms with E-state index >= 15 is 0 Å². The van der Waals surface area contributed by atoms with Gasteiger partial charge < -0.3 is 9.47 Å². The fourth-order valence-electron chi connectivity index (χ4n) is 4.82. The number of nitrogens with zero attached hydrogens (tertiary/aromatic N) is 4. The van der Waals surface area contributed by atoms with Crippen LogP contribution in [0.1, 0.15) is 47.6 Å². The van der Waals surface area contributed by atoms with E-state index in [0.717, 1.165) is 33.6 Å². The van der Waals surface area contributed by atoms with Gasteiger partial charge in [0.05, 0.1) is 29.2 Å². The van der Waals surface area contributed by atoms with Gasteiger partial charge in [0.25, 0.3) is 5.56 Å². The topological polar surface area (TPSA) is 109 Å². The molecule has 5 aromatic rings. The summed E-state index contributed by atoms with van der Waals surface area (Å²) in [4.78, 5) is 30.0. The number of methoxy groups -OCH3 is 1. The van der Waals surface area contributed by atoms with Crippen molar-refractivity contribution in [3.8, 4) is 22.9 Å². The van der Waals surface area contributed by atoms with Gasteiger partial charge in [0.1, 0.15) is 12.4 Å². The van der Waals surface area contributed by atoms with E-state index in [1.165, 1.54) is 17.0 Å². The van der Waals surface area contributed by atoms with Crippen molar-refractivity contribution in [2.45, 2.75) is 40.2 Å². The molecule has 0 spiro atoms. The molecule has 0 radical (unpaired) electrons. The molecule has 9 heteroatoms. The van der Waals surface area contributed by atoms with Crippen LogP contribution in [0.3, 0.4) is 0 Å². The maximum absolute atomic E-state index is 13.7. The van der Waals surface area contributed by atoms with Crippen LogP contribution in [0.5, 0.6) is 11.5 Å². The number of ether oxygens (including phenoxy) is 2. The molecule has 0 aliphatic rings. The summed E-state index contributed by atoms with van der Waals surface area (Å²) in [6, 6.07) is 23.3. The predicted molar refractivity (Wildman–Crippen MR) is 168 cm³/mol. The molecule has 43 heavy (non-hydrogen) atoms. The van der Waals surface area contributed by atoms with Crippen molar-refractivity contribution in [1.29, 1.82) is 0 Å². The smallest absolute Gasteiger partial charge is 0.311 e. The van der Waals surface area contributed by atoms with Gasteiger partial charge in [-0.1, -0.05) is 55.8 Å². The fraction of sp³-hybridized carbons (Fsp3) is 0.206. The summed E-state index contributed by atoms with van der Waals surface area (Å²) >= 11 is 0. The Morgan fingerprint density at radius 1 is 1.00 bits per heavy atom. The van der Waals surface area contributed by atoms with Crippen LogP contribution in [0.4, 0.5) is 5.69 Å². The molecule has 0 saturated heterocycles. The van der Waals surface area contributed by atoms with Crippen LogP contribution in [0, 0.1) is 24.0 Å². The van der Waals surface area contributed by atoms with Gasteiger partial charge in [0, 0.05) is 17.2 Å². The average molecular weight is 577 g/mol. The van der Waals surface area contributed by atoms with Crippen LogP contribution in [-0.2, 0) is 6.61 Å². The maximum Gasteiger partial charge on any atom is 0.311 e. The molecule has 0 N–H and O–H groups in total. The van der Waals surface area contributed by atoms with E-state index in [2.05, 4.69) is 18.9 Å². The molecule has 0 aliphatic heterocycles. The summed E-state index contributed by atoms with van der Waals surface area (Å²) < 4.78 is 12.6. The maximum atomic E-state index is 13.7. The zero-order valence-corrected chi connectivity index (χ0v) is 24.7. The van der Waals surface area contributed by atoms with Gasteiger partial charge in [-0.25, -0.2) is 4.98 Å². The second kappa shape index (κ2) is 12.3. The lowest BCUT2D eigenvalue weighted by Gasteiger charge is -2.17. The van der Waals surface area contributed by atoms with Crippen LogP contribution in [0.15, 0.2) is 88.8 Å². The zero-order chi connectivity index (χ0) is 30.7. The number of rotatable bonds is 9. The molecular weight excluding hydrogens is 544 g/mol. The Hall–Kier alpha value is -5.31. The highest BCUT2D eigenvalue weighted by Crippen LogP contribution is 2.34. The summed E-state index contributed by atoms with van der Waals surface area (Å²) in [7, 11) is 1.63. The van der Waals surface area contributed by atoms with E-state index in [9.17, 15) is 14.9 Å². The number of para-hydroxylation sites is 1. The highest BCUT2D eigenvalue weighted by atomic mass is 16.6. The summed E-state index contributed by atoms with van der Waals surface area (Å²) in [5, 5.41) is 16.8. The van der Waals surface area contributed by atoms with Crippen LogP contribution < -0.4 is 15.0 Å². The van der Waals surface area contributed by atoms with E-state index in [1.807, 2.05) is 56.3 Å². The molecule has 1 aromatic heterocycles. The van der Waals surface area contributed by atoms with Crippen molar-refractivity contribution in [2.75, 3.05) is 7.11 Å². The minimum absolute atomic E-state index is 0.142. The molecule has 0 fully saturated rings. The normalized spacial score (nSPS) is 11.4. The van der Waals surface area contributed by atoms with Gasteiger partial charge >= 0.3 is 5.69 Å². The third kappa shape index (κ3) is 6.16. The third-order valence-electron chi connectivity index (χ3n) is 7.21. The second-order valence-electron chi connectivity index (χ2n) is 10.6. The average Bonchev–Trinajstić information content (AvgIpc) is 3.00. The first kappa shape index (κ1) is 29.2. The summed E-state index contributed by atoms with van der Waals surface area (Å²) in [6.07, 6.45) is 1.42. The first-order valence-corrected chi connectivity index (χ1v) is 13.9. The minimum atomic E-state index is -0.495. The van der Waals surface area contributed by atoms with Crippen molar-refractivity contribution < 1.29 is 14.4 Å². The molecular formula is C34H32N4O5. The van der Waals surface area contributed by atoms with Crippen LogP contribution in [-0.4, -0.2) is 27.9 Å². The molecule has 0 aliphatic carbocycles. The van der Waals surface area contributed by atoms with Gasteiger partial charge in [-0.2, -0.15) is 9.78 Å². The van der Waals surface area contributed by atoms with Gasteiger partial charge in [0.2, 0.25) is 0 Å². The van der Waals surface area contributed by atoms with Crippen molar-refractivity contribution in [3.63, 3.8) is 0 Å². The Morgan fingerprint density at radius 3 is 2.44 bits per heavy atom. The number of hydrogen-bond acceptors (Lipinski definition) is 7. The SMILES string of the molecule is COc1cc(C)c(-c2nc3ccccc3c(=O)n2N=Cc2ccc(OCc3ccc(C)cc3)c([N+](=O)[O-])c2)cc1C(C)C. The molecule has 9 nitrogen and oxygen atoms in total. The third-order valence-corrected chi connectivity index (χ3v) is 7.21. The Balaban J connectivity index is 1.57. The molecule has 5 rings (SSSR count). The van der Waals surface area contributed by atoms with E-state index in [4.69, 9.17) is 14.5 Å². The van der Waals surface area contributed by atoms with Crippen molar-refractivity contribution in [3.05, 3.63) is 127 Å². The molecule has 218 valence electrons. The van der Waals surface area contributed by atoms with Crippen molar-refractivity contribution in [2.24, 2.45) is 5.10 Å². The number of benzene rings is 4. The molecule has 0 unspecified atom stereocenters. The minimum Gasteiger partial charge on any atom is -0.496 e. The number of nitro groups is 1. The Bertz CT molecular complexity index is 1910. The largest absolute Gasteiger partial charge is 0.496 e. The van der Waals surface area contributed by atoms with Gasteiger partial charge in [-0.3, -0.25) is 14.9 Å². The summed E-state index contributed by atoms with van der Waals surface area (Å²) in [5.41, 5.74) is 4.99. The number of hydrogen-bond donors (Lipinski definition) is 0. The fourth-order valence-corrected chi connectivity index (χ4v) is 4.82. The Labute approximate surface area is 249 Å². The lowest BCUT2D eigenvalue weighted by atomic mass is 9.96. The van der Waals surface area contributed by atoms with E-state index in [1.54, 1.807) is 37.4 Å². The number of aromatic nitrogens is 2. The lowest BCUT2D eigenvalue weighted by Crippen LogP contribution is -2.20. The van der Waals surface area contributed by atoms with Gasteiger partial charge in [0.15, 0.2) is 11.6 Å². The van der Waals surface area contributed by atoms with E-state index < -0.39 is 4.92 Å². The van der Waals surface area contributed by atoms with Gasteiger partial charge in [-0.15, -0.1) is 0 Å². The molecule has 0 amide bonds. The van der Waals surface area contributed by atoms with Crippen LogP contribution in [0.25, 0.3) is 22.3 Å². The van der Waals surface area contributed by atoms with Crippen LogP contribution >= 0.6 is 0 Å². The number of nitro benzene ring substituents is 1. The summed E-state index contributed by atoms with van der Waals surface area (Å²) in [5.74, 6) is 1.41. The van der Waals surface area contributed by atoms with Crippen molar-refractivity contribution in [1.82, 2.24) is 9.66 Å².